The lowest BCUT2D eigenvalue weighted by atomic mass is 10.3. The van der Waals surface area contributed by atoms with Crippen LogP contribution in [0.4, 0.5) is 5.82 Å². The number of nitrogens with zero attached hydrogens (tertiary/aromatic N) is 4. The van der Waals surface area contributed by atoms with Crippen molar-refractivity contribution in [2.24, 2.45) is 0 Å². The van der Waals surface area contributed by atoms with Gasteiger partial charge in [0.1, 0.15) is 17.9 Å². The first-order valence-corrected chi connectivity index (χ1v) is 9.64. The minimum Gasteiger partial charge on any atom is -0.494 e. The van der Waals surface area contributed by atoms with Crippen LogP contribution in [0.1, 0.15) is 19.8 Å². The van der Waals surface area contributed by atoms with E-state index in [2.05, 4.69) is 26.7 Å². The summed E-state index contributed by atoms with van der Waals surface area (Å²) in [5.41, 5.74) is 0. The van der Waals surface area contributed by atoms with Gasteiger partial charge in [-0.25, -0.2) is 23.1 Å². The number of hydrogen-bond donors (Lipinski definition) is 1. The van der Waals surface area contributed by atoms with E-state index in [1.165, 1.54) is 29.2 Å². The predicted octanol–water partition coefficient (Wildman–Crippen LogP) is 2.64. The Bertz CT molecular complexity index is 941. The van der Waals surface area contributed by atoms with Gasteiger partial charge in [0, 0.05) is 18.5 Å². The summed E-state index contributed by atoms with van der Waals surface area (Å²) in [4.78, 5) is 8.15. The van der Waals surface area contributed by atoms with Crippen molar-refractivity contribution >= 4 is 15.8 Å². The maximum atomic E-state index is 12.5. The minimum atomic E-state index is -3.77. The van der Waals surface area contributed by atoms with Gasteiger partial charge in [-0.2, -0.15) is 5.10 Å². The van der Waals surface area contributed by atoms with Crippen LogP contribution >= 0.6 is 0 Å². The number of unbranched alkanes of at least 4 members (excludes halogenated alkanes) is 1. The summed E-state index contributed by atoms with van der Waals surface area (Å²) in [7, 11) is -3.77. The molecule has 9 heteroatoms. The van der Waals surface area contributed by atoms with Crippen LogP contribution in [-0.4, -0.2) is 34.8 Å². The number of nitrogens with one attached hydrogen (secondary N) is 1. The van der Waals surface area contributed by atoms with E-state index in [0.717, 1.165) is 12.8 Å². The fourth-order valence-electron chi connectivity index (χ4n) is 2.18. The van der Waals surface area contributed by atoms with Crippen LogP contribution in [0.15, 0.2) is 60.0 Å². The lowest BCUT2D eigenvalue weighted by Crippen LogP contribution is -2.14. The van der Waals surface area contributed by atoms with Crippen LogP contribution in [0.25, 0.3) is 5.82 Å². The molecule has 0 aliphatic rings. The lowest BCUT2D eigenvalue weighted by Gasteiger charge is -2.09. The van der Waals surface area contributed by atoms with Crippen LogP contribution in [0.5, 0.6) is 5.75 Å². The zero-order chi connectivity index (χ0) is 18.4. The van der Waals surface area contributed by atoms with Crippen LogP contribution in [-0.2, 0) is 10.0 Å². The molecule has 1 N–H and O–H groups in total. The largest absolute Gasteiger partial charge is 0.494 e. The van der Waals surface area contributed by atoms with E-state index >= 15 is 0 Å². The molecule has 0 saturated carbocycles. The molecule has 0 amide bonds. The van der Waals surface area contributed by atoms with Gasteiger partial charge in [0.15, 0.2) is 5.82 Å². The second-order valence-electron chi connectivity index (χ2n) is 5.49. The Hall–Kier alpha value is -2.94. The molecule has 26 heavy (non-hydrogen) atoms. The molecule has 8 nitrogen and oxygen atoms in total. The third-order valence-electron chi connectivity index (χ3n) is 3.53. The van der Waals surface area contributed by atoms with E-state index < -0.39 is 10.0 Å². The average Bonchev–Trinajstić information content (AvgIpc) is 3.17. The molecule has 2 aromatic heterocycles. The van der Waals surface area contributed by atoms with E-state index in [9.17, 15) is 8.42 Å². The topological polar surface area (TPSA) is 99.0 Å². The summed E-state index contributed by atoms with van der Waals surface area (Å²) in [6.45, 7) is 2.69. The number of sulfonamides is 1. The summed E-state index contributed by atoms with van der Waals surface area (Å²) in [5, 5.41) is 4.06. The first-order chi connectivity index (χ1) is 12.6. The van der Waals surface area contributed by atoms with Crippen LogP contribution in [0.3, 0.4) is 0 Å². The van der Waals surface area contributed by atoms with E-state index in [0.29, 0.717) is 18.2 Å². The van der Waals surface area contributed by atoms with E-state index in [1.807, 2.05) is 0 Å². The fraction of sp³-hybridized carbons (Fsp3) is 0.235. The van der Waals surface area contributed by atoms with Gasteiger partial charge >= 0.3 is 0 Å². The molecule has 0 unspecified atom stereocenters. The normalized spacial score (nSPS) is 11.3. The van der Waals surface area contributed by atoms with Crippen molar-refractivity contribution in [2.45, 2.75) is 24.7 Å². The molecule has 136 valence electrons. The van der Waals surface area contributed by atoms with Crippen molar-refractivity contribution in [3.63, 3.8) is 0 Å². The number of hydrogen-bond acceptors (Lipinski definition) is 6. The molecule has 2 heterocycles. The van der Waals surface area contributed by atoms with Gasteiger partial charge in [0.2, 0.25) is 0 Å². The zero-order valence-corrected chi connectivity index (χ0v) is 15.1. The molecular weight excluding hydrogens is 354 g/mol. The Morgan fingerprint density at radius 2 is 2.00 bits per heavy atom. The summed E-state index contributed by atoms with van der Waals surface area (Å²) < 4.78 is 34.6. The van der Waals surface area contributed by atoms with Gasteiger partial charge in [-0.05, 0) is 36.8 Å². The molecule has 1 aromatic carbocycles. The first kappa shape index (κ1) is 17.9. The summed E-state index contributed by atoms with van der Waals surface area (Å²) in [6, 6.07) is 9.53. The SMILES string of the molecule is CCCCOc1ccc(S(=O)(=O)Nc2cc(-n3cccn3)ncn2)cc1. The highest BCUT2D eigenvalue weighted by Gasteiger charge is 2.15. The van der Waals surface area contributed by atoms with Crippen LogP contribution in [0, 0.1) is 0 Å². The third-order valence-corrected chi connectivity index (χ3v) is 4.90. The maximum absolute atomic E-state index is 12.5. The second-order valence-corrected chi connectivity index (χ2v) is 7.17. The van der Waals surface area contributed by atoms with E-state index in [1.54, 1.807) is 30.6 Å². The summed E-state index contributed by atoms with van der Waals surface area (Å²) in [5.74, 6) is 1.26. The van der Waals surface area contributed by atoms with Crippen molar-refractivity contribution in [3.05, 3.63) is 55.1 Å². The second kappa shape index (κ2) is 7.96. The molecule has 0 fully saturated rings. The smallest absolute Gasteiger partial charge is 0.263 e. The third kappa shape index (κ3) is 4.37. The van der Waals surface area contributed by atoms with E-state index in [-0.39, 0.29) is 10.7 Å². The molecule has 3 aromatic rings. The Balaban J connectivity index is 1.73. The van der Waals surface area contributed by atoms with Crippen molar-refractivity contribution < 1.29 is 13.2 Å². The van der Waals surface area contributed by atoms with Crippen molar-refractivity contribution in [2.75, 3.05) is 11.3 Å². The van der Waals surface area contributed by atoms with Gasteiger partial charge in [0.25, 0.3) is 10.0 Å². The number of rotatable bonds is 8. The average molecular weight is 373 g/mol. The monoisotopic (exact) mass is 373 g/mol. The van der Waals surface area contributed by atoms with Gasteiger partial charge in [0.05, 0.1) is 11.5 Å². The quantitative estimate of drug-likeness (QED) is 0.610. The molecule has 0 aliphatic heterocycles. The zero-order valence-electron chi connectivity index (χ0n) is 14.2. The van der Waals surface area contributed by atoms with Crippen LogP contribution in [0.2, 0.25) is 0 Å². The number of aromatic nitrogens is 4. The van der Waals surface area contributed by atoms with Crippen LogP contribution < -0.4 is 9.46 Å². The molecule has 0 spiro atoms. The molecule has 0 saturated heterocycles. The number of benzene rings is 1. The first-order valence-electron chi connectivity index (χ1n) is 8.16. The maximum Gasteiger partial charge on any atom is 0.263 e. The molecule has 0 radical (unpaired) electrons. The van der Waals surface area contributed by atoms with Gasteiger partial charge in [-0.1, -0.05) is 13.3 Å². The van der Waals surface area contributed by atoms with Gasteiger partial charge in [-0.15, -0.1) is 0 Å². The van der Waals surface area contributed by atoms with Gasteiger partial charge in [-0.3, -0.25) is 4.72 Å². The summed E-state index contributed by atoms with van der Waals surface area (Å²) in [6.07, 6.45) is 6.58. The summed E-state index contributed by atoms with van der Waals surface area (Å²) >= 11 is 0. The highest BCUT2D eigenvalue weighted by Crippen LogP contribution is 2.19. The molecule has 3 rings (SSSR count). The number of ether oxygens (including phenoxy) is 1. The Labute approximate surface area is 151 Å². The lowest BCUT2D eigenvalue weighted by molar-refractivity contribution is 0.309. The Morgan fingerprint density at radius 3 is 2.69 bits per heavy atom. The molecular formula is C17H19N5O3S. The molecule has 0 aliphatic carbocycles. The number of anilines is 1. The standard InChI is InChI=1S/C17H19N5O3S/c1-2-3-11-25-14-5-7-15(8-6-14)26(23,24)21-16-12-17(19-13-18-16)22-10-4-9-20-22/h4-10,12-13H,2-3,11H2,1H3,(H,18,19,21). The fourth-order valence-corrected chi connectivity index (χ4v) is 3.18. The minimum absolute atomic E-state index is 0.125. The highest BCUT2D eigenvalue weighted by molar-refractivity contribution is 7.92. The van der Waals surface area contributed by atoms with Crippen molar-refractivity contribution in [3.8, 4) is 11.6 Å². The van der Waals surface area contributed by atoms with Crippen molar-refractivity contribution in [1.82, 2.24) is 19.7 Å². The Morgan fingerprint density at radius 1 is 1.19 bits per heavy atom. The van der Waals surface area contributed by atoms with Gasteiger partial charge < -0.3 is 4.74 Å². The predicted molar refractivity (Wildman–Crippen MR) is 96.8 cm³/mol. The Kier molecular flexibility index (Phi) is 5.47. The highest BCUT2D eigenvalue weighted by atomic mass is 32.2. The molecule has 0 bridgehead atoms. The van der Waals surface area contributed by atoms with Crippen molar-refractivity contribution in [1.29, 1.82) is 0 Å². The van der Waals surface area contributed by atoms with E-state index in [4.69, 9.17) is 4.74 Å². The molecule has 0 atom stereocenters.